The molecule has 0 radical (unpaired) electrons. The van der Waals surface area contributed by atoms with Crippen molar-refractivity contribution < 1.29 is 49.4 Å². The second kappa shape index (κ2) is 13.4. The molecule has 17 heteroatoms. The van der Waals surface area contributed by atoms with Crippen LogP contribution in [0.3, 0.4) is 0 Å². The molecule has 1 aliphatic carbocycles. The minimum Gasteiger partial charge on any atom is -0.481 e. The summed E-state index contributed by atoms with van der Waals surface area (Å²) in [4.78, 5) is 15.4. The lowest BCUT2D eigenvalue weighted by Crippen LogP contribution is -2.34. The summed E-state index contributed by atoms with van der Waals surface area (Å²) in [6.07, 6.45) is -12.9. The van der Waals surface area contributed by atoms with E-state index in [1.807, 2.05) is 4.90 Å². The molecule has 0 amide bonds. The molecule has 1 heterocycles. The van der Waals surface area contributed by atoms with Gasteiger partial charge in [-0.15, -0.1) is 5.10 Å². The fourth-order valence-electron chi connectivity index (χ4n) is 5.63. The Bertz CT molecular complexity index is 1480. The molecular formula is C29H31F9N6O2. The number of hydrogen-bond acceptors (Lipinski definition) is 6. The summed E-state index contributed by atoms with van der Waals surface area (Å²) in [6.45, 7) is 1.48. The first-order valence-electron chi connectivity index (χ1n) is 14.3. The van der Waals surface area contributed by atoms with E-state index in [1.165, 1.54) is 13.1 Å². The highest BCUT2D eigenvalue weighted by molar-refractivity contribution is 5.70. The predicted octanol–water partition coefficient (Wildman–Crippen LogP) is 7.19. The second-order valence-corrected chi connectivity index (χ2v) is 11.3. The van der Waals surface area contributed by atoms with Crippen molar-refractivity contribution in [1.29, 1.82) is 0 Å². The molecule has 0 saturated heterocycles. The lowest BCUT2D eigenvalue weighted by molar-refractivity contribution is -0.144. The van der Waals surface area contributed by atoms with Crippen LogP contribution in [0.2, 0.25) is 0 Å². The average Bonchev–Trinajstić information content (AvgIpc) is 3.40. The standard InChI is InChI=1S/C29H31F9N6O2/c1-3-43(14-17-4-6-19(7-5-17)25(45)46)24-9-8-21(27(30,31)32)12-20(24)16-44(26-39-41-42(2)40-26)15-18-10-22(28(33,34)35)13-23(11-18)29(36,37)38/h8-13,17,19H,3-7,14-16H2,1-2H3,(H,45,46). The molecule has 1 fully saturated rings. The van der Waals surface area contributed by atoms with E-state index in [9.17, 15) is 49.4 Å². The summed E-state index contributed by atoms with van der Waals surface area (Å²) in [5, 5.41) is 20.9. The number of carboxylic acids is 1. The second-order valence-electron chi connectivity index (χ2n) is 11.3. The van der Waals surface area contributed by atoms with Gasteiger partial charge in [0.1, 0.15) is 0 Å². The summed E-state index contributed by atoms with van der Waals surface area (Å²) in [5.41, 5.74) is -4.07. The molecule has 1 saturated carbocycles. The largest absolute Gasteiger partial charge is 0.481 e. The first-order chi connectivity index (χ1) is 21.3. The van der Waals surface area contributed by atoms with Gasteiger partial charge in [-0.3, -0.25) is 4.79 Å². The number of tetrazole rings is 1. The van der Waals surface area contributed by atoms with E-state index in [1.54, 1.807) is 6.92 Å². The fraction of sp³-hybridized carbons (Fsp3) is 0.517. The Morgan fingerprint density at radius 2 is 1.43 bits per heavy atom. The van der Waals surface area contributed by atoms with Crippen LogP contribution < -0.4 is 9.80 Å². The number of aliphatic carboxylic acids is 1. The molecule has 0 spiro atoms. The minimum atomic E-state index is -5.11. The maximum Gasteiger partial charge on any atom is 0.416 e. The highest BCUT2D eigenvalue weighted by atomic mass is 19.4. The zero-order chi connectivity index (χ0) is 34.0. The van der Waals surface area contributed by atoms with E-state index in [2.05, 4.69) is 15.4 Å². The van der Waals surface area contributed by atoms with Crippen LogP contribution in [0.5, 0.6) is 0 Å². The molecule has 0 bridgehead atoms. The molecule has 3 aromatic rings. The Morgan fingerprint density at radius 3 is 1.91 bits per heavy atom. The van der Waals surface area contributed by atoms with Crippen LogP contribution in [-0.4, -0.2) is 44.4 Å². The minimum absolute atomic E-state index is 0.0115. The van der Waals surface area contributed by atoms with E-state index < -0.39 is 65.8 Å². The summed E-state index contributed by atoms with van der Waals surface area (Å²) in [7, 11) is 1.37. The number of carbonyl (C=O) groups is 1. The highest BCUT2D eigenvalue weighted by Crippen LogP contribution is 2.38. The van der Waals surface area contributed by atoms with Crippen molar-refractivity contribution in [2.24, 2.45) is 18.9 Å². The van der Waals surface area contributed by atoms with Crippen molar-refractivity contribution in [3.05, 3.63) is 64.2 Å². The van der Waals surface area contributed by atoms with Gasteiger partial charge in [0, 0.05) is 31.9 Å². The maximum atomic E-state index is 13.9. The van der Waals surface area contributed by atoms with Crippen LogP contribution in [0, 0.1) is 11.8 Å². The molecule has 4 rings (SSSR count). The van der Waals surface area contributed by atoms with Crippen LogP contribution in [0.25, 0.3) is 0 Å². The summed E-state index contributed by atoms with van der Waals surface area (Å²) in [6, 6.07) is 4.13. The number of hydrogen-bond donors (Lipinski definition) is 1. The number of aromatic nitrogens is 4. The van der Waals surface area contributed by atoms with Crippen molar-refractivity contribution in [3.8, 4) is 0 Å². The first kappa shape index (κ1) is 34.8. The molecule has 0 unspecified atom stereocenters. The van der Waals surface area contributed by atoms with Crippen LogP contribution in [0.1, 0.15) is 60.4 Å². The molecular weight excluding hydrogens is 635 g/mol. The van der Waals surface area contributed by atoms with E-state index in [0.717, 1.165) is 21.8 Å². The zero-order valence-electron chi connectivity index (χ0n) is 24.7. The number of aryl methyl sites for hydroxylation is 1. The predicted molar refractivity (Wildman–Crippen MR) is 148 cm³/mol. The van der Waals surface area contributed by atoms with Crippen molar-refractivity contribution in [2.45, 2.75) is 64.2 Å². The van der Waals surface area contributed by atoms with Crippen molar-refractivity contribution in [1.82, 2.24) is 20.2 Å². The molecule has 8 nitrogen and oxygen atoms in total. The third-order valence-electron chi connectivity index (χ3n) is 7.97. The Kier molecular flexibility index (Phi) is 10.1. The smallest absolute Gasteiger partial charge is 0.416 e. The number of rotatable bonds is 10. The number of alkyl halides is 9. The SMILES string of the molecule is CCN(CC1CCC(C(=O)O)CC1)c1ccc(C(F)(F)F)cc1CN(Cc1cc(C(F)(F)F)cc(C(F)(F)F)c1)c1nnn(C)n1. The normalized spacial score (nSPS) is 17.6. The van der Waals surface area contributed by atoms with E-state index in [0.29, 0.717) is 56.6 Å². The van der Waals surface area contributed by atoms with Gasteiger partial charge in [-0.25, -0.2) is 0 Å². The highest BCUT2D eigenvalue weighted by Gasteiger charge is 2.37. The van der Waals surface area contributed by atoms with Crippen LogP contribution in [0.4, 0.5) is 51.1 Å². The van der Waals surface area contributed by atoms with Gasteiger partial charge in [0.05, 0.1) is 29.7 Å². The average molecular weight is 667 g/mol. The van der Waals surface area contributed by atoms with E-state index >= 15 is 0 Å². The number of carboxylic acid groups (broad SMARTS) is 1. The third kappa shape index (κ3) is 8.60. The summed E-state index contributed by atoms with van der Waals surface area (Å²) in [5.74, 6) is -1.52. The van der Waals surface area contributed by atoms with Gasteiger partial charge in [0.25, 0.3) is 5.95 Å². The molecule has 1 aliphatic rings. The number of anilines is 2. The van der Waals surface area contributed by atoms with Crippen LogP contribution in [-0.2, 0) is 43.5 Å². The van der Waals surface area contributed by atoms with Gasteiger partial charge < -0.3 is 14.9 Å². The molecule has 0 aliphatic heterocycles. The molecule has 2 aromatic carbocycles. The van der Waals surface area contributed by atoms with Gasteiger partial charge in [0.15, 0.2) is 0 Å². The van der Waals surface area contributed by atoms with Gasteiger partial charge in [-0.1, -0.05) is 5.10 Å². The first-order valence-corrected chi connectivity index (χ1v) is 14.3. The number of halogens is 9. The lowest BCUT2D eigenvalue weighted by Gasteiger charge is -2.34. The third-order valence-corrected chi connectivity index (χ3v) is 7.97. The van der Waals surface area contributed by atoms with Crippen LogP contribution >= 0.6 is 0 Å². The molecule has 1 N–H and O–H groups in total. The van der Waals surface area contributed by atoms with Gasteiger partial charge in [-0.2, -0.15) is 44.3 Å². The van der Waals surface area contributed by atoms with Gasteiger partial charge in [0.2, 0.25) is 0 Å². The summed E-state index contributed by atoms with van der Waals surface area (Å²) >= 11 is 0. The quantitative estimate of drug-likeness (QED) is 0.229. The van der Waals surface area contributed by atoms with E-state index in [4.69, 9.17) is 0 Å². The van der Waals surface area contributed by atoms with Gasteiger partial charge in [-0.05, 0) is 91.3 Å². The van der Waals surface area contributed by atoms with Crippen LogP contribution in [0.15, 0.2) is 36.4 Å². The molecule has 46 heavy (non-hydrogen) atoms. The van der Waals surface area contributed by atoms with Crippen molar-refractivity contribution >= 4 is 17.6 Å². The zero-order valence-corrected chi connectivity index (χ0v) is 24.7. The Morgan fingerprint density at radius 1 is 0.848 bits per heavy atom. The Hall–Kier alpha value is -4.05. The van der Waals surface area contributed by atoms with Crippen molar-refractivity contribution in [2.75, 3.05) is 22.9 Å². The Labute approximate surface area is 257 Å². The lowest BCUT2D eigenvalue weighted by atomic mass is 9.81. The summed E-state index contributed by atoms with van der Waals surface area (Å²) < 4.78 is 123. The van der Waals surface area contributed by atoms with Gasteiger partial charge >= 0.3 is 24.5 Å². The monoisotopic (exact) mass is 666 g/mol. The van der Waals surface area contributed by atoms with E-state index in [-0.39, 0.29) is 23.5 Å². The topological polar surface area (TPSA) is 87.4 Å². The molecule has 0 atom stereocenters. The molecule has 252 valence electrons. The fourth-order valence-corrected chi connectivity index (χ4v) is 5.63. The van der Waals surface area contributed by atoms with Crippen molar-refractivity contribution in [3.63, 3.8) is 0 Å². The number of nitrogens with zero attached hydrogens (tertiary/aromatic N) is 6. The number of benzene rings is 2. The Balaban J connectivity index is 1.74. The maximum absolute atomic E-state index is 13.9. The molecule has 1 aromatic heterocycles.